The molecule has 0 radical (unpaired) electrons. The summed E-state index contributed by atoms with van der Waals surface area (Å²) >= 11 is 0. The van der Waals surface area contributed by atoms with Crippen LogP contribution in [0.4, 0.5) is 0 Å². The monoisotopic (exact) mass is 675 g/mol. The van der Waals surface area contributed by atoms with E-state index in [9.17, 15) is 0 Å². The van der Waals surface area contributed by atoms with Crippen molar-refractivity contribution >= 4 is 10.8 Å². The van der Waals surface area contributed by atoms with Crippen LogP contribution < -0.4 is 0 Å². The summed E-state index contributed by atoms with van der Waals surface area (Å²) in [5, 5.41) is 2.24. The highest BCUT2D eigenvalue weighted by molar-refractivity contribution is 6.07. The summed E-state index contributed by atoms with van der Waals surface area (Å²) in [6.45, 7) is 0. The number of hydrogen-bond donors (Lipinski definition) is 0. The van der Waals surface area contributed by atoms with E-state index in [0.29, 0.717) is 17.5 Å². The second-order valence-electron chi connectivity index (χ2n) is 13.5. The van der Waals surface area contributed by atoms with Crippen molar-refractivity contribution in [3.8, 4) is 56.4 Å². The lowest BCUT2D eigenvalue weighted by Gasteiger charge is -2.34. The third kappa shape index (κ3) is 4.93. The Morgan fingerprint density at radius 1 is 0.283 bits per heavy atom. The molecule has 9 aromatic rings. The number of rotatable bonds is 6. The van der Waals surface area contributed by atoms with E-state index in [0.717, 1.165) is 27.5 Å². The molecule has 0 N–H and O–H groups in total. The fourth-order valence-corrected chi connectivity index (χ4v) is 8.39. The van der Waals surface area contributed by atoms with Gasteiger partial charge in [0, 0.05) is 16.7 Å². The number of hydrogen-bond acceptors (Lipinski definition) is 3. The number of benzene rings is 8. The van der Waals surface area contributed by atoms with Crippen molar-refractivity contribution < 1.29 is 0 Å². The zero-order valence-corrected chi connectivity index (χ0v) is 28.9. The van der Waals surface area contributed by atoms with Crippen LogP contribution in [0.15, 0.2) is 200 Å². The summed E-state index contributed by atoms with van der Waals surface area (Å²) in [7, 11) is 0. The van der Waals surface area contributed by atoms with Crippen LogP contribution in [-0.4, -0.2) is 15.0 Å². The predicted molar refractivity (Wildman–Crippen MR) is 216 cm³/mol. The minimum Gasteiger partial charge on any atom is -0.208 e. The van der Waals surface area contributed by atoms with E-state index in [1.807, 2.05) is 60.7 Å². The molecule has 3 heteroatoms. The maximum absolute atomic E-state index is 5.10. The summed E-state index contributed by atoms with van der Waals surface area (Å²) in [6.07, 6.45) is 0. The topological polar surface area (TPSA) is 38.7 Å². The highest BCUT2D eigenvalue weighted by atomic mass is 15.0. The zero-order chi connectivity index (χ0) is 35.2. The minimum absolute atomic E-state index is 0.466. The van der Waals surface area contributed by atoms with Gasteiger partial charge in [-0.2, -0.15) is 0 Å². The molecule has 0 amide bonds. The average molecular weight is 676 g/mol. The van der Waals surface area contributed by atoms with Gasteiger partial charge in [0.25, 0.3) is 0 Å². The fraction of sp³-hybridized carbons (Fsp3) is 0.0200. The van der Waals surface area contributed by atoms with E-state index in [2.05, 4.69) is 140 Å². The van der Waals surface area contributed by atoms with Gasteiger partial charge in [-0.05, 0) is 55.3 Å². The number of nitrogens with zero attached hydrogens (tertiary/aromatic N) is 3. The van der Waals surface area contributed by atoms with Crippen LogP contribution in [0.3, 0.4) is 0 Å². The van der Waals surface area contributed by atoms with E-state index >= 15 is 0 Å². The van der Waals surface area contributed by atoms with E-state index < -0.39 is 5.41 Å². The van der Waals surface area contributed by atoms with Crippen LogP contribution in [0.2, 0.25) is 0 Å². The molecule has 0 saturated carbocycles. The Morgan fingerprint density at radius 3 is 1.30 bits per heavy atom. The Kier molecular flexibility index (Phi) is 7.36. The molecule has 8 aromatic carbocycles. The lowest BCUT2D eigenvalue weighted by Crippen LogP contribution is -2.28. The molecule has 1 aliphatic carbocycles. The Labute approximate surface area is 309 Å². The van der Waals surface area contributed by atoms with Crippen molar-refractivity contribution in [3.05, 3.63) is 222 Å². The highest BCUT2D eigenvalue weighted by Crippen LogP contribution is 2.58. The molecular formula is C50H33N3. The predicted octanol–water partition coefficient (Wildman–Crippen LogP) is 12.1. The molecule has 3 nitrogen and oxygen atoms in total. The summed E-state index contributed by atoms with van der Waals surface area (Å²) in [4.78, 5) is 15.2. The smallest absolute Gasteiger partial charge is 0.164 e. The molecule has 0 spiro atoms. The summed E-state index contributed by atoms with van der Waals surface area (Å²) in [6, 6.07) is 71.1. The Bertz CT molecular complexity index is 2660. The van der Waals surface area contributed by atoms with Gasteiger partial charge in [-0.25, -0.2) is 15.0 Å². The van der Waals surface area contributed by atoms with Crippen molar-refractivity contribution in [1.82, 2.24) is 15.0 Å². The normalized spacial score (nSPS) is 12.7. The molecule has 0 saturated heterocycles. The molecule has 1 aliphatic rings. The molecule has 1 aromatic heterocycles. The summed E-state index contributed by atoms with van der Waals surface area (Å²) in [5.41, 5.74) is 12.4. The van der Waals surface area contributed by atoms with Crippen molar-refractivity contribution in [2.75, 3.05) is 0 Å². The molecule has 0 aliphatic heterocycles. The lowest BCUT2D eigenvalue weighted by atomic mass is 9.67. The number of aromatic nitrogens is 3. The first-order valence-corrected chi connectivity index (χ1v) is 18.0. The van der Waals surface area contributed by atoms with Crippen LogP contribution in [0.25, 0.3) is 67.2 Å². The lowest BCUT2D eigenvalue weighted by molar-refractivity contribution is 0.768. The van der Waals surface area contributed by atoms with Gasteiger partial charge in [0.05, 0.1) is 5.41 Å². The summed E-state index contributed by atoms with van der Waals surface area (Å²) < 4.78 is 0. The van der Waals surface area contributed by atoms with Gasteiger partial charge in [0.1, 0.15) is 0 Å². The Morgan fingerprint density at radius 2 is 0.698 bits per heavy atom. The maximum Gasteiger partial charge on any atom is 0.164 e. The molecule has 1 heterocycles. The number of fused-ring (bicyclic) bond motifs is 4. The van der Waals surface area contributed by atoms with E-state index in [4.69, 9.17) is 15.0 Å². The third-order valence-corrected chi connectivity index (χ3v) is 10.6. The molecule has 0 unspecified atom stereocenters. The van der Waals surface area contributed by atoms with E-state index in [1.54, 1.807) is 0 Å². The SMILES string of the molecule is c1ccc(-c2nc(-c3ccccc3)nc(-c3cccc4c(-c5cccc6c5-c5ccccc5C6(c5ccccc5)c5ccccc5)cccc34)n2)cc1. The molecule has 53 heavy (non-hydrogen) atoms. The molecule has 248 valence electrons. The standard InChI is InChI=1S/C50H33N3/c1-5-18-34(19-6-1)47-51-48(35-20-7-2-8-21-35)53-49(52-47)42-31-16-27-38-39(28-15-29-40(38)42)41-30-17-33-45-46(41)43-26-13-14-32-44(43)50(45,36-22-9-3-10-23-36)37-24-11-4-12-25-37/h1-33H. The average Bonchev–Trinajstić information content (AvgIpc) is 3.56. The molecular weight excluding hydrogens is 643 g/mol. The van der Waals surface area contributed by atoms with Gasteiger partial charge >= 0.3 is 0 Å². The Hall–Kier alpha value is -6.97. The quantitative estimate of drug-likeness (QED) is 0.176. The van der Waals surface area contributed by atoms with Gasteiger partial charge in [-0.1, -0.05) is 200 Å². The largest absolute Gasteiger partial charge is 0.208 e. The first kappa shape index (κ1) is 30.8. The van der Waals surface area contributed by atoms with Crippen LogP contribution >= 0.6 is 0 Å². The fourth-order valence-electron chi connectivity index (χ4n) is 8.39. The van der Waals surface area contributed by atoms with Crippen molar-refractivity contribution in [3.63, 3.8) is 0 Å². The van der Waals surface area contributed by atoms with Gasteiger partial charge in [0.15, 0.2) is 17.5 Å². The van der Waals surface area contributed by atoms with Crippen LogP contribution in [0.1, 0.15) is 22.3 Å². The molecule has 0 bridgehead atoms. The molecule has 0 fully saturated rings. The van der Waals surface area contributed by atoms with E-state index in [1.165, 1.54) is 44.5 Å². The third-order valence-electron chi connectivity index (χ3n) is 10.6. The van der Waals surface area contributed by atoms with Crippen molar-refractivity contribution in [2.24, 2.45) is 0 Å². The second-order valence-corrected chi connectivity index (χ2v) is 13.5. The first-order valence-electron chi connectivity index (χ1n) is 18.0. The van der Waals surface area contributed by atoms with Gasteiger partial charge < -0.3 is 0 Å². The van der Waals surface area contributed by atoms with Crippen molar-refractivity contribution in [2.45, 2.75) is 5.41 Å². The van der Waals surface area contributed by atoms with Crippen LogP contribution in [0.5, 0.6) is 0 Å². The molecule has 10 rings (SSSR count). The van der Waals surface area contributed by atoms with Gasteiger partial charge in [-0.15, -0.1) is 0 Å². The zero-order valence-electron chi connectivity index (χ0n) is 28.9. The highest BCUT2D eigenvalue weighted by Gasteiger charge is 2.46. The minimum atomic E-state index is -0.466. The molecule has 0 atom stereocenters. The first-order chi connectivity index (χ1) is 26.3. The second kappa shape index (κ2) is 12.7. The van der Waals surface area contributed by atoms with Crippen LogP contribution in [-0.2, 0) is 5.41 Å². The maximum atomic E-state index is 5.10. The van der Waals surface area contributed by atoms with E-state index in [-0.39, 0.29) is 0 Å². The van der Waals surface area contributed by atoms with Crippen molar-refractivity contribution in [1.29, 1.82) is 0 Å². The van der Waals surface area contributed by atoms with Gasteiger partial charge in [0.2, 0.25) is 0 Å². The van der Waals surface area contributed by atoms with Gasteiger partial charge in [-0.3, -0.25) is 0 Å². The summed E-state index contributed by atoms with van der Waals surface area (Å²) in [5.74, 6) is 1.95. The Balaban J connectivity index is 1.22. The van der Waals surface area contributed by atoms with Crippen LogP contribution in [0, 0.1) is 0 Å².